The maximum atomic E-state index is 13.3. The number of carbonyl (C=O) groups is 1. The van der Waals surface area contributed by atoms with E-state index in [1.807, 2.05) is 19.9 Å². The molecule has 2 aromatic heterocycles. The zero-order valence-corrected chi connectivity index (χ0v) is 16.7. The predicted molar refractivity (Wildman–Crippen MR) is 109 cm³/mol. The molecule has 0 saturated heterocycles. The fourth-order valence-electron chi connectivity index (χ4n) is 4.72. The first kappa shape index (κ1) is 17.9. The molecule has 0 aliphatic carbocycles. The minimum absolute atomic E-state index is 0.0170. The number of hydrogen-bond donors (Lipinski definition) is 1. The van der Waals surface area contributed by atoms with E-state index in [4.69, 9.17) is 9.72 Å². The van der Waals surface area contributed by atoms with Crippen LogP contribution < -0.4 is 5.56 Å². The second-order valence-corrected chi connectivity index (χ2v) is 8.05. The number of aryl methyl sites for hydroxylation is 1. The molecule has 0 spiro atoms. The number of hydrogen-bond acceptors (Lipinski definition) is 5. The summed E-state index contributed by atoms with van der Waals surface area (Å²) in [6.07, 6.45) is 1.32. The molecule has 0 fully saturated rings. The van der Waals surface area contributed by atoms with Gasteiger partial charge < -0.3 is 14.4 Å². The maximum Gasteiger partial charge on any atom is 0.316 e. The smallest absolute Gasteiger partial charge is 0.316 e. The summed E-state index contributed by atoms with van der Waals surface area (Å²) in [6, 6.07) is 7.13. The Morgan fingerprint density at radius 2 is 2.00 bits per heavy atom. The Morgan fingerprint density at radius 1 is 1.21 bits per heavy atom. The van der Waals surface area contributed by atoms with Crippen LogP contribution in [0.5, 0.6) is 5.75 Å². The lowest BCUT2D eigenvalue weighted by atomic mass is 9.76. The van der Waals surface area contributed by atoms with E-state index in [1.165, 1.54) is 0 Å². The van der Waals surface area contributed by atoms with Crippen molar-refractivity contribution in [3.05, 3.63) is 56.9 Å². The number of cyclic esters (lactones) is 1. The molecule has 4 heterocycles. The van der Waals surface area contributed by atoms with E-state index in [-0.39, 0.29) is 23.9 Å². The fraction of sp³-hybridized carbons (Fsp3) is 0.348. The molecule has 2 aliphatic heterocycles. The first-order valence-corrected chi connectivity index (χ1v) is 9.98. The van der Waals surface area contributed by atoms with Crippen LogP contribution in [0.2, 0.25) is 0 Å². The zero-order valence-electron chi connectivity index (χ0n) is 16.7. The highest BCUT2D eigenvalue weighted by Gasteiger charge is 2.43. The summed E-state index contributed by atoms with van der Waals surface area (Å²) in [5.41, 5.74) is 4.80. The number of ether oxygens (including phenoxy) is 1. The average Bonchev–Trinajstić information content (AvgIpc) is 3.08. The molecule has 0 amide bonds. The minimum Gasteiger partial charge on any atom is -0.508 e. The van der Waals surface area contributed by atoms with Crippen LogP contribution in [0.1, 0.15) is 49.4 Å². The van der Waals surface area contributed by atoms with Crippen LogP contribution >= 0.6 is 0 Å². The lowest BCUT2D eigenvalue weighted by Gasteiger charge is -2.33. The van der Waals surface area contributed by atoms with Crippen molar-refractivity contribution in [1.82, 2.24) is 9.55 Å². The first-order valence-electron chi connectivity index (χ1n) is 9.98. The van der Waals surface area contributed by atoms with Gasteiger partial charge in [0.1, 0.15) is 12.4 Å². The Hall–Kier alpha value is -3.15. The molecule has 29 heavy (non-hydrogen) atoms. The Kier molecular flexibility index (Phi) is 3.66. The van der Waals surface area contributed by atoms with Gasteiger partial charge in [0.2, 0.25) is 0 Å². The molecule has 5 rings (SSSR count). The number of phenolic OH excluding ortho intramolecular Hbond substituents is 1. The number of benzene rings is 1. The van der Waals surface area contributed by atoms with Crippen LogP contribution in [0.15, 0.2) is 29.1 Å². The third-order valence-corrected chi connectivity index (χ3v) is 6.60. The van der Waals surface area contributed by atoms with Gasteiger partial charge in [0, 0.05) is 10.9 Å². The second-order valence-electron chi connectivity index (χ2n) is 8.05. The molecule has 6 heteroatoms. The Bertz CT molecular complexity index is 1270. The molecule has 148 valence electrons. The predicted octanol–water partition coefficient (Wildman–Crippen LogP) is 3.42. The van der Waals surface area contributed by atoms with E-state index in [1.54, 1.807) is 22.8 Å². The second kappa shape index (κ2) is 5.92. The van der Waals surface area contributed by atoms with Crippen molar-refractivity contribution in [2.75, 3.05) is 0 Å². The first-order chi connectivity index (χ1) is 13.9. The van der Waals surface area contributed by atoms with Crippen LogP contribution in [0.3, 0.4) is 0 Å². The number of fused-ring (bicyclic) bond motifs is 5. The molecule has 0 bridgehead atoms. The maximum absolute atomic E-state index is 13.3. The lowest BCUT2D eigenvalue weighted by Crippen LogP contribution is -2.42. The standard InChI is InChI=1S/C23H22N2O4/c1-4-13-14-8-12(26)6-7-18(14)24-20-15(13)10-25-19(20)9-17-16(21(25)27)11-29-22(28)23(17,3)5-2/h6-9,26H,4-5,10-11H2,1-3H3. The highest BCUT2D eigenvalue weighted by atomic mass is 16.5. The van der Waals surface area contributed by atoms with E-state index in [9.17, 15) is 14.7 Å². The van der Waals surface area contributed by atoms with Gasteiger partial charge in [-0.1, -0.05) is 13.8 Å². The minimum atomic E-state index is -0.832. The van der Waals surface area contributed by atoms with Gasteiger partial charge in [0.25, 0.3) is 5.56 Å². The Labute approximate surface area is 167 Å². The number of rotatable bonds is 2. The summed E-state index contributed by atoms with van der Waals surface area (Å²) in [4.78, 5) is 30.7. The summed E-state index contributed by atoms with van der Waals surface area (Å²) >= 11 is 0. The number of carbonyl (C=O) groups excluding carboxylic acids is 1. The lowest BCUT2D eigenvalue weighted by molar-refractivity contribution is -0.153. The van der Waals surface area contributed by atoms with Gasteiger partial charge in [-0.15, -0.1) is 0 Å². The normalized spacial score (nSPS) is 19.6. The summed E-state index contributed by atoms with van der Waals surface area (Å²) in [5, 5.41) is 10.9. The van der Waals surface area contributed by atoms with E-state index in [0.29, 0.717) is 18.5 Å². The Balaban J connectivity index is 1.84. The van der Waals surface area contributed by atoms with E-state index in [0.717, 1.165) is 45.4 Å². The van der Waals surface area contributed by atoms with Crippen molar-refractivity contribution in [3.63, 3.8) is 0 Å². The summed E-state index contributed by atoms with van der Waals surface area (Å²) in [6.45, 7) is 6.30. The number of phenols is 1. The van der Waals surface area contributed by atoms with Gasteiger partial charge in [-0.2, -0.15) is 0 Å². The van der Waals surface area contributed by atoms with Gasteiger partial charge in [0.15, 0.2) is 0 Å². The fourth-order valence-corrected chi connectivity index (χ4v) is 4.72. The van der Waals surface area contributed by atoms with Gasteiger partial charge >= 0.3 is 5.97 Å². The quantitative estimate of drug-likeness (QED) is 0.531. The molecule has 2 aliphatic rings. The summed E-state index contributed by atoms with van der Waals surface area (Å²) < 4.78 is 7.09. The molecule has 1 N–H and O–H groups in total. The largest absolute Gasteiger partial charge is 0.508 e. The molecular weight excluding hydrogens is 368 g/mol. The van der Waals surface area contributed by atoms with Crippen LogP contribution in [0, 0.1) is 0 Å². The third kappa shape index (κ3) is 2.26. The van der Waals surface area contributed by atoms with Gasteiger partial charge in [0.05, 0.1) is 34.4 Å². The van der Waals surface area contributed by atoms with Gasteiger partial charge in [-0.05, 0) is 55.2 Å². The SMILES string of the molecule is CCc1c2c(nc3ccc(O)cc13)-c1cc3c(c(=O)n1C2)COC(=O)C3(C)CC. The molecule has 1 unspecified atom stereocenters. The van der Waals surface area contributed by atoms with Crippen LogP contribution in [-0.4, -0.2) is 20.6 Å². The van der Waals surface area contributed by atoms with E-state index >= 15 is 0 Å². The number of aromatic hydroxyl groups is 1. The number of pyridine rings is 2. The average molecular weight is 390 g/mol. The van der Waals surface area contributed by atoms with E-state index in [2.05, 4.69) is 6.92 Å². The van der Waals surface area contributed by atoms with Crippen LogP contribution in [0.25, 0.3) is 22.3 Å². The Morgan fingerprint density at radius 3 is 2.72 bits per heavy atom. The molecule has 0 saturated carbocycles. The van der Waals surface area contributed by atoms with Crippen molar-refractivity contribution in [1.29, 1.82) is 0 Å². The zero-order chi connectivity index (χ0) is 20.5. The number of aromatic nitrogens is 2. The van der Waals surface area contributed by atoms with Gasteiger partial charge in [-0.25, -0.2) is 4.98 Å². The van der Waals surface area contributed by atoms with Crippen molar-refractivity contribution < 1.29 is 14.6 Å². The molecule has 1 aromatic carbocycles. The van der Waals surface area contributed by atoms with Crippen molar-refractivity contribution in [3.8, 4) is 17.1 Å². The molecule has 6 nitrogen and oxygen atoms in total. The monoisotopic (exact) mass is 390 g/mol. The summed E-state index contributed by atoms with van der Waals surface area (Å²) in [7, 11) is 0. The number of nitrogens with zero attached hydrogens (tertiary/aromatic N) is 2. The van der Waals surface area contributed by atoms with Crippen molar-refractivity contribution in [2.24, 2.45) is 0 Å². The highest BCUT2D eigenvalue weighted by Crippen LogP contribution is 2.41. The molecule has 0 radical (unpaired) electrons. The van der Waals surface area contributed by atoms with Crippen LogP contribution in [0.4, 0.5) is 0 Å². The highest BCUT2D eigenvalue weighted by molar-refractivity contribution is 5.90. The molecular formula is C23H22N2O4. The third-order valence-electron chi connectivity index (χ3n) is 6.60. The topological polar surface area (TPSA) is 81.4 Å². The number of esters is 1. The molecule has 1 atom stereocenters. The molecule has 3 aromatic rings. The summed E-state index contributed by atoms with van der Waals surface area (Å²) in [5.74, 6) is -0.0854. The van der Waals surface area contributed by atoms with Crippen LogP contribution in [-0.2, 0) is 34.5 Å². The van der Waals surface area contributed by atoms with Gasteiger partial charge in [-0.3, -0.25) is 9.59 Å². The van der Waals surface area contributed by atoms with E-state index < -0.39 is 5.41 Å². The van der Waals surface area contributed by atoms with Crippen molar-refractivity contribution >= 4 is 16.9 Å². The van der Waals surface area contributed by atoms with Crippen molar-refractivity contribution in [2.45, 2.75) is 52.2 Å².